The zero-order chi connectivity index (χ0) is 16.1. The Kier molecular flexibility index (Phi) is 2.90. The van der Waals surface area contributed by atoms with E-state index in [4.69, 9.17) is 14.5 Å². The van der Waals surface area contributed by atoms with Gasteiger partial charge in [0.25, 0.3) is 0 Å². The minimum absolute atomic E-state index is 0.0453. The molecule has 0 aliphatic carbocycles. The van der Waals surface area contributed by atoms with Crippen molar-refractivity contribution in [1.82, 2.24) is 14.9 Å². The number of fused-ring (bicyclic) bond motifs is 4. The normalized spacial score (nSPS) is 18.0. The predicted octanol–water partition coefficient (Wildman–Crippen LogP) is 3.10. The van der Waals surface area contributed by atoms with Gasteiger partial charge in [-0.3, -0.25) is 10.3 Å². The SMILES string of the molecule is Cc1cccc([C@@H]2NCc3cc4c(cc3-n3cccc32)OCO4)n1. The first-order chi connectivity index (χ1) is 11.8. The minimum Gasteiger partial charge on any atom is -0.454 e. The maximum Gasteiger partial charge on any atom is 0.231 e. The number of aromatic nitrogens is 2. The van der Waals surface area contributed by atoms with Crippen molar-refractivity contribution < 1.29 is 9.47 Å². The number of pyridine rings is 1. The van der Waals surface area contributed by atoms with Gasteiger partial charge in [0.1, 0.15) is 0 Å². The number of hydrogen-bond acceptors (Lipinski definition) is 4. The van der Waals surface area contributed by atoms with Crippen molar-refractivity contribution in [2.24, 2.45) is 0 Å². The molecule has 2 aromatic heterocycles. The molecule has 0 fully saturated rings. The maximum absolute atomic E-state index is 5.56. The second-order valence-corrected chi connectivity index (χ2v) is 6.15. The summed E-state index contributed by atoms with van der Waals surface area (Å²) in [7, 11) is 0. The van der Waals surface area contributed by atoms with Crippen LogP contribution >= 0.6 is 0 Å². The van der Waals surface area contributed by atoms with E-state index < -0.39 is 0 Å². The van der Waals surface area contributed by atoms with Crippen LogP contribution in [0.1, 0.15) is 28.7 Å². The van der Waals surface area contributed by atoms with Gasteiger partial charge >= 0.3 is 0 Å². The largest absolute Gasteiger partial charge is 0.454 e. The summed E-state index contributed by atoms with van der Waals surface area (Å²) in [6, 6.07) is 14.5. The van der Waals surface area contributed by atoms with E-state index in [0.29, 0.717) is 6.79 Å². The van der Waals surface area contributed by atoms with Gasteiger partial charge in [-0.05, 0) is 42.8 Å². The highest BCUT2D eigenvalue weighted by Gasteiger charge is 2.26. The number of nitrogens with zero attached hydrogens (tertiary/aromatic N) is 2. The van der Waals surface area contributed by atoms with Crippen LogP contribution in [0.25, 0.3) is 5.69 Å². The van der Waals surface area contributed by atoms with Crippen molar-refractivity contribution in [3.05, 3.63) is 71.3 Å². The number of nitrogens with one attached hydrogen (secondary N) is 1. The van der Waals surface area contributed by atoms with Gasteiger partial charge in [0.05, 0.1) is 17.4 Å². The van der Waals surface area contributed by atoms with Gasteiger partial charge in [0, 0.05) is 30.2 Å². The highest BCUT2D eigenvalue weighted by Crippen LogP contribution is 2.39. The third-order valence-electron chi connectivity index (χ3n) is 4.61. The van der Waals surface area contributed by atoms with Crippen molar-refractivity contribution in [1.29, 1.82) is 0 Å². The van der Waals surface area contributed by atoms with E-state index in [1.54, 1.807) is 0 Å². The average Bonchev–Trinajstić information content (AvgIpc) is 3.20. The van der Waals surface area contributed by atoms with Gasteiger partial charge in [0.2, 0.25) is 6.79 Å². The number of ether oxygens (including phenoxy) is 2. The van der Waals surface area contributed by atoms with Crippen LogP contribution in [0, 0.1) is 6.92 Å². The van der Waals surface area contributed by atoms with Gasteiger partial charge in [0.15, 0.2) is 11.5 Å². The molecule has 2 aliphatic heterocycles. The Hall–Kier alpha value is -2.79. The summed E-state index contributed by atoms with van der Waals surface area (Å²) in [5, 5.41) is 3.64. The molecule has 0 radical (unpaired) electrons. The van der Waals surface area contributed by atoms with Gasteiger partial charge in [-0.25, -0.2) is 0 Å². The fourth-order valence-corrected chi connectivity index (χ4v) is 3.49. The van der Waals surface area contributed by atoms with Gasteiger partial charge in [-0.1, -0.05) is 6.07 Å². The Morgan fingerprint density at radius 1 is 1.12 bits per heavy atom. The summed E-state index contributed by atoms with van der Waals surface area (Å²) in [4.78, 5) is 4.72. The monoisotopic (exact) mass is 319 g/mol. The standard InChI is InChI=1S/C19H17N3O2/c1-12-4-2-5-14(21-12)19-15-6-3-7-22(15)16-9-18-17(23-11-24-18)8-13(16)10-20-19/h2-9,19-20H,10-11H2,1H3/t19-/m0/s1. The summed E-state index contributed by atoms with van der Waals surface area (Å²) in [5.74, 6) is 1.62. The summed E-state index contributed by atoms with van der Waals surface area (Å²) in [6.07, 6.45) is 2.09. The van der Waals surface area contributed by atoms with E-state index in [0.717, 1.165) is 35.1 Å². The molecule has 0 saturated carbocycles. The molecule has 4 heterocycles. The van der Waals surface area contributed by atoms with E-state index in [1.807, 2.05) is 13.0 Å². The summed E-state index contributed by atoms with van der Waals surface area (Å²) < 4.78 is 13.3. The van der Waals surface area contributed by atoms with E-state index in [1.165, 1.54) is 11.3 Å². The van der Waals surface area contributed by atoms with Crippen LogP contribution in [0.3, 0.4) is 0 Å². The molecule has 5 rings (SSSR count). The summed E-state index contributed by atoms with van der Waals surface area (Å²) in [5.41, 5.74) is 5.54. The molecule has 1 aromatic carbocycles. The van der Waals surface area contributed by atoms with Gasteiger partial charge in [-0.2, -0.15) is 0 Å². The Balaban J connectivity index is 1.66. The van der Waals surface area contributed by atoms with Crippen LogP contribution in [0.4, 0.5) is 0 Å². The molecular weight excluding hydrogens is 302 g/mol. The van der Waals surface area contributed by atoms with Crippen LogP contribution in [-0.2, 0) is 6.54 Å². The molecule has 1 N–H and O–H groups in total. The number of hydrogen-bond donors (Lipinski definition) is 1. The molecule has 2 aliphatic rings. The Labute approximate surface area is 139 Å². The molecule has 5 heteroatoms. The molecular formula is C19H17N3O2. The molecule has 1 atom stereocenters. The first-order valence-corrected chi connectivity index (χ1v) is 8.07. The smallest absolute Gasteiger partial charge is 0.231 e. The second kappa shape index (κ2) is 5.11. The lowest BCUT2D eigenvalue weighted by molar-refractivity contribution is 0.174. The first kappa shape index (κ1) is 13.6. The second-order valence-electron chi connectivity index (χ2n) is 6.15. The van der Waals surface area contributed by atoms with Crippen LogP contribution in [0.2, 0.25) is 0 Å². The average molecular weight is 319 g/mol. The minimum atomic E-state index is 0.0453. The van der Waals surface area contributed by atoms with Crippen LogP contribution in [0.5, 0.6) is 11.5 Å². The quantitative estimate of drug-likeness (QED) is 0.749. The van der Waals surface area contributed by atoms with E-state index in [2.05, 4.69) is 52.5 Å². The Morgan fingerprint density at radius 3 is 2.88 bits per heavy atom. The zero-order valence-electron chi connectivity index (χ0n) is 13.3. The summed E-state index contributed by atoms with van der Waals surface area (Å²) >= 11 is 0. The molecule has 24 heavy (non-hydrogen) atoms. The van der Waals surface area contributed by atoms with E-state index >= 15 is 0 Å². The van der Waals surface area contributed by atoms with Crippen LogP contribution in [0.15, 0.2) is 48.7 Å². The molecule has 0 bridgehead atoms. The Morgan fingerprint density at radius 2 is 2.00 bits per heavy atom. The van der Waals surface area contributed by atoms with E-state index in [-0.39, 0.29) is 6.04 Å². The van der Waals surface area contributed by atoms with Crippen LogP contribution in [-0.4, -0.2) is 16.3 Å². The topological polar surface area (TPSA) is 48.3 Å². The number of benzene rings is 1. The number of rotatable bonds is 1. The lowest BCUT2D eigenvalue weighted by atomic mass is 10.1. The highest BCUT2D eigenvalue weighted by molar-refractivity contribution is 5.57. The molecule has 0 amide bonds. The van der Waals surface area contributed by atoms with Crippen molar-refractivity contribution in [3.63, 3.8) is 0 Å². The fraction of sp³-hybridized carbons (Fsp3) is 0.211. The predicted molar refractivity (Wildman–Crippen MR) is 89.5 cm³/mol. The molecule has 0 spiro atoms. The Bertz CT molecular complexity index is 932. The third kappa shape index (κ3) is 2.02. The fourth-order valence-electron chi connectivity index (χ4n) is 3.49. The maximum atomic E-state index is 5.56. The van der Waals surface area contributed by atoms with Crippen LogP contribution < -0.4 is 14.8 Å². The first-order valence-electron chi connectivity index (χ1n) is 8.07. The van der Waals surface area contributed by atoms with Crippen molar-refractivity contribution in [2.75, 3.05) is 6.79 Å². The van der Waals surface area contributed by atoms with E-state index in [9.17, 15) is 0 Å². The lowest BCUT2D eigenvalue weighted by Crippen LogP contribution is -2.22. The molecule has 120 valence electrons. The molecule has 0 saturated heterocycles. The highest BCUT2D eigenvalue weighted by atomic mass is 16.7. The summed E-state index contributed by atoms with van der Waals surface area (Å²) in [6.45, 7) is 3.06. The lowest BCUT2D eigenvalue weighted by Gasteiger charge is -2.17. The third-order valence-corrected chi connectivity index (χ3v) is 4.61. The molecule has 3 aromatic rings. The molecule has 0 unspecified atom stereocenters. The van der Waals surface area contributed by atoms with Crippen molar-refractivity contribution in [2.45, 2.75) is 19.5 Å². The number of aryl methyl sites for hydroxylation is 1. The zero-order valence-corrected chi connectivity index (χ0v) is 13.3. The van der Waals surface area contributed by atoms with Crippen molar-refractivity contribution in [3.8, 4) is 17.2 Å². The van der Waals surface area contributed by atoms with Gasteiger partial charge in [-0.15, -0.1) is 0 Å². The molecule has 5 nitrogen and oxygen atoms in total. The van der Waals surface area contributed by atoms with Crippen molar-refractivity contribution >= 4 is 0 Å². The van der Waals surface area contributed by atoms with Gasteiger partial charge < -0.3 is 14.0 Å².